The molecule has 0 bridgehead atoms. The van der Waals surface area contributed by atoms with Gasteiger partial charge in [0.25, 0.3) is 10.0 Å². The molecule has 10 heteroatoms. The fraction of sp³-hybridized carbons (Fsp3) is 0.257. The number of sulfonamides is 1. The van der Waals surface area contributed by atoms with Crippen LogP contribution in [0.1, 0.15) is 37.0 Å². The number of benzene rings is 4. The summed E-state index contributed by atoms with van der Waals surface area (Å²) >= 11 is 12.8. The van der Waals surface area contributed by atoms with Crippen LogP contribution < -0.4 is 9.62 Å². The fourth-order valence-electron chi connectivity index (χ4n) is 4.94. The molecule has 4 aromatic rings. The average Bonchev–Trinajstić information content (AvgIpc) is 3.03. The van der Waals surface area contributed by atoms with Gasteiger partial charge in [-0.2, -0.15) is 0 Å². The first-order valence-electron chi connectivity index (χ1n) is 14.7. The molecule has 45 heavy (non-hydrogen) atoms. The average molecular weight is 667 g/mol. The summed E-state index contributed by atoms with van der Waals surface area (Å²) in [5.41, 5.74) is 2.35. The third kappa shape index (κ3) is 8.66. The largest absolute Gasteiger partial charge is 0.352 e. The summed E-state index contributed by atoms with van der Waals surface area (Å²) in [6, 6.07) is 28.2. The molecule has 4 rings (SSSR count). The smallest absolute Gasteiger partial charge is 0.264 e. The number of carbonyl (C=O) groups is 2. The zero-order chi connectivity index (χ0) is 32.6. The van der Waals surface area contributed by atoms with Gasteiger partial charge in [-0.25, -0.2) is 8.42 Å². The van der Waals surface area contributed by atoms with Crippen molar-refractivity contribution in [3.05, 3.63) is 130 Å². The third-order valence-corrected chi connectivity index (χ3v) is 9.99. The second-order valence-electron chi connectivity index (χ2n) is 10.9. The molecule has 0 aliphatic heterocycles. The van der Waals surface area contributed by atoms with Crippen LogP contribution in [-0.2, 0) is 32.6 Å². The first-order valence-corrected chi connectivity index (χ1v) is 16.9. The molecular weight excluding hydrogens is 629 g/mol. The summed E-state index contributed by atoms with van der Waals surface area (Å²) in [6.07, 6.45) is 0.909. The number of amides is 2. The Bertz CT molecular complexity index is 1720. The van der Waals surface area contributed by atoms with E-state index in [9.17, 15) is 18.0 Å². The summed E-state index contributed by atoms with van der Waals surface area (Å²) in [4.78, 5) is 29.9. The zero-order valence-corrected chi connectivity index (χ0v) is 27.8. The predicted octanol–water partition coefficient (Wildman–Crippen LogP) is 7.05. The van der Waals surface area contributed by atoms with Crippen molar-refractivity contribution in [2.24, 2.45) is 0 Å². The quantitative estimate of drug-likeness (QED) is 0.166. The van der Waals surface area contributed by atoms with E-state index in [4.69, 9.17) is 23.2 Å². The molecule has 0 saturated heterocycles. The molecule has 0 spiro atoms. The molecule has 0 aromatic heterocycles. The molecule has 0 heterocycles. The Hall–Kier alpha value is -3.85. The van der Waals surface area contributed by atoms with Gasteiger partial charge in [-0.05, 0) is 73.4 Å². The van der Waals surface area contributed by atoms with Crippen LogP contribution in [0, 0.1) is 6.92 Å². The van der Waals surface area contributed by atoms with Crippen molar-refractivity contribution in [3.8, 4) is 0 Å². The molecule has 0 radical (unpaired) electrons. The van der Waals surface area contributed by atoms with Crippen LogP contribution in [0.25, 0.3) is 0 Å². The molecule has 7 nitrogen and oxygen atoms in total. The van der Waals surface area contributed by atoms with Gasteiger partial charge >= 0.3 is 0 Å². The van der Waals surface area contributed by atoms with Crippen LogP contribution in [0.4, 0.5) is 5.69 Å². The lowest BCUT2D eigenvalue weighted by Gasteiger charge is -2.34. The lowest BCUT2D eigenvalue weighted by Crippen LogP contribution is -2.54. The Kier molecular flexibility index (Phi) is 11.7. The molecule has 0 unspecified atom stereocenters. The molecule has 2 atom stereocenters. The maximum absolute atomic E-state index is 14.6. The minimum atomic E-state index is -4.21. The van der Waals surface area contributed by atoms with Gasteiger partial charge in [-0.3, -0.25) is 13.9 Å². The predicted molar refractivity (Wildman–Crippen MR) is 181 cm³/mol. The summed E-state index contributed by atoms with van der Waals surface area (Å²) in [5.74, 6) is -0.905. The van der Waals surface area contributed by atoms with Crippen molar-refractivity contribution >= 4 is 50.7 Å². The number of hydrogen-bond acceptors (Lipinski definition) is 4. The second kappa shape index (κ2) is 15.4. The summed E-state index contributed by atoms with van der Waals surface area (Å²) in [7, 11) is -4.21. The van der Waals surface area contributed by atoms with E-state index in [1.807, 2.05) is 44.2 Å². The Morgan fingerprint density at radius 1 is 0.867 bits per heavy atom. The molecule has 1 N–H and O–H groups in total. The van der Waals surface area contributed by atoms with E-state index in [1.54, 1.807) is 67.6 Å². The van der Waals surface area contributed by atoms with Crippen LogP contribution in [0.2, 0.25) is 10.0 Å². The van der Waals surface area contributed by atoms with E-state index in [1.165, 1.54) is 17.0 Å². The molecule has 4 aromatic carbocycles. The van der Waals surface area contributed by atoms with Gasteiger partial charge in [0, 0.05) is 29.1 Å². The van der Waals surface area contributed by atoms with Gasteiger partial charge in [0.05, 0.1) is 10.6 Å². The Balaban J connectivity index is 1.83. The topological polar surface area (TPSA) is 86.8 Å². The monoisotopic (exact) mass is 665 g/mol. The van der Waals surface area contributed by atoms with Gasteiger partial charge in [0.2, 0.25) is 11.8 Å². The highest BCUT2D eigenvalue weighted by Crippen LogP contribution is 2.30. The lowest BCUT2D eigenvalue weighted by molar-refractivity contribution is -0.140. The van der Waals surface area contributed by atoms with Gasteiger partial charge < -0.3 is 10.2 Å². The van der Waals surface area contributed by atoms with Crippen molar-refractivity contribution in [1.82, 2.24) is 10.2 Å². The van der Waals surface area contributed by atoms with Gasteiger partial charge in [-0.1, -0.05) is 96.9 Å². The second-order valence-corrected chi connectivity index (χ2v) is 13.6. The maximum atomic E-state index is 14.6. The van der Waals surface area contributed by atoms with E-state index in [-0.39, 0.29) is 29.8 Å². The number of nitrogens with zero attached hydrogens (tertiary/aromatic N) is 2. The normalized spacial score (nSPS) is 12.6. The zero-order valence-electron chi connectivity index (χ0n) is 25.5. The van der Waals surface area contributed by atoms with Gasteiger partial charge in [-0.15, -0.1) is 0 Å². The lowest BCUT2D eigenvalue weighted by atomic mass is 10.0. The molecule has 236 valence electrons. The van der Waals surface area contributed by atoms with Crippen molar-refractivity contribution in [2.45, 2.75) is 57.1 Å². The Morgan fingerprint density at radius 3 is 2.11 bits per heavy atom. The number of anilines is 1. The number of hydrogen-bond donors (Lipinski definition) is 1. The number of carbonyl (C=O) groups excluding carboxylic acids is 2. The highest BCUT2D eigenvalue weighted by Gasteiger charge is 2.35. The molecular formula is C35H37Cl2N3O4S. The number of halogens is 2. The number of nitrogens with one attached hydrogen (secondary N) is 1. The molecule has 0 aliphatic rings. The Morgan fingerprint density at radius 2 is 1.49 bits per heavy atom. The van der Waals surface area contributed by atoms with Crippen molar-refractivity contribution in [1.29, 1.82) is 0 Å². The highest BCUT2D eigenvalue weighted by atomic mass is 35.5. The van der Waals surface area contributed by atoms with Crippen LogP contribution in [0.15, 0.2) is 108 Å². The van der Waals surface area contributed by atoms with E-state index in [2.05, 4.69) is 5.32 Å². The summed E-state index contributed by atoms with van der Waals surface area (Å²) in [6.45, 7) is 5.02. The highest BCUT2D eigenvalue weighted by molar-refractivity contribution is 7.92. The SMILES string of the molecule is CC[C@H](C)NC(=O)[C@H](Cc1ccccc1)N(Cc1ccccc1Cl)C(=O)CN(c1ccc(Cl)cc1C)S(=O)(=O)c1ccccc1. The fourth-order valence-corrected chi connectivity index (χ4v) is 6.86. The van der Waals surface area contributed by atoms with Crippen LogP contribution in [-0.4, -0.2) is 43.8 Å². The standard InChI is InChI=1S/C35H37Cl2N3O4S/c1-4-26(3)38-35(42)33(22-27-13-7-5-8-14-27)39(23-28-15-11-12-18-31(28)37)34(41)24-40(32-20-19-29(36)21-25(32)2)45(43,44)30-16-9-6-10-17-30/h5-21,26,33H,4,22-24H2,1-3H3,(H,38,42)/t26-,33-/m0/s1. The van der Waals surface area contributed by atoms with Crippen molar-refractivity contribution in [2.75, 3.05) is 10.8 Å². The van der Waals surface area contributed by atoms with Crippen molar-refractivity contribution in [3.63, 3.8) is 0 Å². The molecule has 0 saturated carbocycles. The third-order valence-electron chi connectivity index (χ3n) is 7.61. The van der Waals surface area contributed by atoms with E-state index < -0.39 is 28.5 Å². The van der Waals surface area contributed by atoms with Gasteiger partial charge in [0.1, 0.15) is 12.6 Å². The van der Waals surface area contributed by atoms with Gasteiger partial charge in [0.15, 0.2) is 0 Å². The number of rotatable bonds is 13. The Labute approximate surface area is 275 Å². The van der Waals surface area contributed by atoms with Crippen molar-refractivity contribution < 1.29 is 18.0 Å². The van der Waals surface area contributed by atoms with E-state index >= 15 is 0 Å². The molecule has 0 aliphatic carbocycles. The van der Waals surface area contributed by atoms with Crippen LogP contribution in [0.3, 0.4) is 0 Å². The minimum absolute atomic E-state index is 0.0112. The summed E-state index contributed by atoms with van der Waals surface area (Å²) in [5, 5.41) is 3.89. The molecule has 0 fully saturated rings. The van der Waals surface area contributed by atoms with Crippen LogP contribution >= 0.6 is 23.2 Å². The van der Waals surface area contributed by atoms with Crippen LogP contribution in [0.5, 0.6) is 0 Å². The first-order chi connectivity index (χ1) is 21.5. The van der Waals surface area contributed by atoms with E-state index in [0.717, 1.165) is 9.87 Å². The minimum Gasteiger partial charge on any atom is -0.352 e. The maximum Gasteiger partial charge on any atom is 0.264 e. The van der Waals surface area contributed by atoms with E-state index in [0.29, 0.717) is 33.3 Å². The summed E-state index contributed by atoms with van der Waals surface area (Å²) < 4.78 is 29.4. The number of aryl methyl sites for hydroxylation is 1. The molecule has 2 amide bonds. The first kappa shape index (κ1) is 34.0.